The molecule has 0 aliphatic rings. The topological polar surface area (TPSA) is 64.3 Å². The zero-order valence-corrected chi connectivity index (χ0v) is 11.4. The van der Waals surface area contributed by atoms with Crippen molar-refractivity contribution in [1.29, 1.82) is 0 Å². The Morgan fingerprint density at radius 2 is 2.29 bits per heavy atom. The third-order valence-electron chi connectivity index (χ3n) is 2.62. The lowest BCUT2D eigenvalue weighted by atomic mass is 10.2. The van der Waals surface area contributed by atoms with Crippen molar-refractivity contribution in [2.75, 3.05) is 13.7 Å². The number of ether oxygens (including phenoxy) is 1. The number of aryl methyl sites for hydroxylation is 2. The predicted octanol–water partition coefficient (Wildman–Crippen LogP) is 1.34. The molecule has 4 nitrogen and oxygen atoms in total. The molecule has 1 rings (SSSR count). The van der Waals surface area contributed by atoms with Crippen molar-refractivity contribution >= 4 is 17.2 Å². The number of carbonyl (C=O) groups is 1. The van der Waals surface area contributed by atoms with Gasteiger partial charge in [0.2, 0.25) is 5.91 Å². The van der Waals surface area contributed by atoms with Crippen LogP contribution < -0.4 is 11.1 Å². The largest absolute Gasteiger partial charge is 0.385 e. The van der Waals surface area contributed by atoms with Gasteiger partial charge >= 0.3 is 0 Å². The fourth-order valence-electron chi connectivity index (χ4n) is 1.42. The maximum absolute atomic E-state index is 11.6. The Balaban J connectivity index is 2.37. The van der Waals surface area contributed by atoms with E-state index in [0.717, 1.165) is 4.88 Å². The molecule has 0 radical (unpaired) electrons. The average molecular weight is 256 g/mol. The third-order valence-corrected chi connectivity index (χ3v) is 3.78. The van der Waals surface area contributed by atoms with Gasteiger partial charge in [0.15, 0.2) is 0 Å². The van der Waals surface area contributed by atoms with Crippen molar-refractivity contribution in [1.82, 2.24) is 5.32 Å². The lowest BCUT2D eigenvalue weighted by Gasteiger charge is -2.10. The van der Waals surface area contributed by atoms with E-state index in [9.17, 15) is 4.79 Å². The van der Waals surface area contributed by atoms with Gasteiger partial charge in [-0.3, -0.25) is 4.79 Å². The second kappa shape index (κ2) is 6.74. The molecular weight excluding hydrogens is 236 g/mol. The first-order valence-corrected chi connectivity index (χ1v) is 6.44. The number of methoxy groups -OCH3 is 1. The summed E-state index contributed by atoms with van der Waals surface area (Å²) in [6.45, 7) is 5.21. The lowest BCUT2D eigenvalue weighted by Crippen LogP contribution is -2.40. The van der Waals surface area contributed by atoms with E-state index in [1.165, 1.54) is 10.4 Å². The molecule has 1 aromatic heterocycles. The summed E-state index contributed by atoms with van der Waals surface area (Å²) in [5, 5.41) is 2.84. The summed E-state index contributed by atoms with van der Waals surface area (Å²) in [5.41, 5.74) is 6.98. The summed E-state index contributed by atoms with van der Waals surface area (Å²) >= 11 is 1.71. The van der Waals surface area contributed by atoms with Gasteiger partial charge in [0.25, 0.3) is 0 Å². The Morgan fingerprint density at radius 3 is 2.82 bits per heavy atom. The van der Waals surface area contributed by atoms with Gasteiger partial charge in [-0.1, -0.05) is 0 Å². The molecule has 1 amide bonds. The van der Waals surface area contributed by atoms with Crippen molar-refractivity contribution < 1.29 is 9.53 Å². The maximum atomic E-state index is 11.6. The highest BCUT2D eigenvalue weighted by Crippen LogP contribution is 2.20. The fourth-order valence-corrected chi connectivity index (χ4v) is 2.41. The SMILES string of the molecule is COCCC(N)C(=O)NCc1cc(C)c(C)s1. The molecule has 0 saturated heterocycles. The summed E-state index contributed by atoms with van der Waals surface area (Å²) < 4.78 is 4.89. The minimum atomic E-state index is -0.489. The summed E-state index contributed by atoms with van der Waals surface area (Å²) in [5.74, 6) is -0.120. The molecule has 0 bridgehead atoms. The molecule has 1 heterocycles. The molecular formula is C12H20N2O2S. The molecule has 0 spiro atoms. The van der Waals surface area contributed by atoms with E-state index >= 15 is 0 Å². The van der Waals surface area contributed by atoms with E-state index < -0.39 is 6.04 Å². The molecule has 0 saturated carbocycles. The average Bonchev–Trinajstić information content (AvgIpc) is 2.62. The van der Waals surface area contributed by atoms with Crippen LogP contribution in [0.25, 0.3) is 0 Å². The van der Waals surface area contributed by atoms with E-state index in [1.807, 2.05) is 0 Å². The van der Waals surface area contributed by atoms with Crippen molar-refractivity contribution in [2.45, 2.75) is 32.9 Å². The van der Waals surface area contributed by atoms with Gasteiger partial charge in [0.05, 0.1) is 12.6 Å². The van der Waals surface area contributed by atoms with Crippen LogP contribution in [-0.4, -0.2) is 25.7 Å². The second-order valence-electron chi connectivity index (χ2n) is 4.06. The molecule has 96 valence electrons. The van der Waals surface area contributed by atoms with E-state index in [2.05, 4.69) is 25.2 Å². The second-order valence-corrected chi connectivity index (χ2v) is 5.40. The first kappa shape index (κ1) is 14.2. The van der Waals surface area contributed by atoms with Crippen molar-refractivity contribution in [2.24, 2.45) is 5.73 Å². The molecule has 0 aliphatic heterocycles. The van der Waals surface area contributed by atoms with Crippen LogP contribution in [0.1, 0.15) is 21.7 Å². The van der Waals surface area contributed by atoms with Gasteiger partial charge < -0.3 is 15.8 Å². The number of nitrogens with one attached hydrogen (secondary N) is 1. The minimum Gasteiger partial charge on any atom is -0.385 e. The molecule has 5 heteroatoms. The summed E-state index contributed by atoms with van der Waals surface area (Å²) in [7, 11) is 1.60. The summed E-state index contributed by atoms with van der Waals surface area (Å²) in [6, 6.07) is 1.61. The molecule has 0 aliphatic carbocycles. The predicted molar refractivity (Wildman–Crippen MR) is 70.1 cm³/mol. The normalized spacial score (nSPS) is 12.5. The standard InChI is InChI=1S/C12H20N2O2S/c1-8-6-10(17-9(8)2)7-14-12(15)11(13)4-5-16-3/h6,11H,4-5,7,13H2,1-3H3,(H,14,15). The number of hydrogen-bond donors (Lipinski definition) is 2. The number of thiophene rings is 1. The lowest BCUT2D eigenvalue weighted by molar-refractivity contribution is -0.122. The summed E-state index contributed by atoms with van der Waals surface area (Å²) in [6.07, 6.45) is 0.546. The van der Waals surface area contributed by atoms with Gasteiger partial charge in [-0.05, 0) is 31.9 Å². The molecule has 1 atom stereocenters. The third kappa shape index (κ3) is 4.46. The molecule has 1 aromatic rings. The van der Waals surface area contributed by atoms with Crippen LogP contribution in [0.15, 0.2) is 6.07 Å². The number of amides is 1. The molecule has 0 aromatic carbocycles. The Labute approximate surface area is 106 Å². The van der Waals surface area contributed by atoms with Gasteiger partial charge in [-0.15, -0.1) is 11.3 Å². The number of rotatable bonds is 6. The smallest absolute Gasteiger partial charge is 0.237 e. The van der Waals surface area contributed by atoms with Crippen LogP contribution >= 0.6 is 11.3 Å². The van der Waals surface area contributed by atoms with Gasteiger partial charge in [0, 0.05) is 23.5 Å². The Morgan fingerprint density at radius 1 is 1.59 bits per heavy atom. The monoisotopic (exact) mass is 256 g/mol. The van der Waals surface area contributed by atoms with Crippen LogP contribution in [0, 0.1) is 13.8 Å². The van der Waals surface area contributed by atoms with Crippen molar-refractivity contribution in [3.05, 3.63) is 21.4 Å². The van der Waals surface area contributed by atoms with E-state index in [0.29, 0.717) is 19.6 Å². The molecule has 0 fully saturated rings. The number of hydrogen-bond acceptors (Lipinski definition) is 4. The highest BCUT2D eigenvalue weighted by Gasteiger charge is 2.12. The summed E-state index contributed by atoms with van der Waals surface area (Å²) in [4.78, 5) is 14.1. The van der Waals surface area contributed by atoms with E-state index in [-0.39, 0.29) is 5.91 Å². The zero-order chi connectivity index (χ0) is 12.8. The minimum absolute atomic E-state index is 0.120. The fraction of sp³-hybridized carbons (Fsp3) is 0.583. The Kier molecular flexibility index (Phi) is 5.61. The van der Waals surface area contributed by atoms with Crippen molar-refractivity contribution in [3.63, 3.8) is 0 Å². The van der Waals surface area contributed by atoms with Crippen LogP contribution in [0.5, 0.6) is 0 Å². The van der Waals surface area contributed by atoms with Gasteiger partial charge in [-0.25, -0.2) is 0 Å². The van der Waals surface area contributed by atoms with E-state index in [4.69, 9.17) is 10.5 Å². The van der Waals surface area contributed by atoms with E-state index in [1.54, 1.807) is 18.4 Å². The molecule has 17 heavy (non-hydrogen) atoms. The highest BCUT2D eigenvalue weighted by molar-refractivity contribution is 7.12. The Bertz CT molecular complexity index is 357. The molecule has 1 unspecified atom stereocenters. The van der Waals surface area contributed by atoms with Crippen LogP contribution in [-0.2, 0) is 16.1 Å². The first-order chi connectivity index (χ1) is 8.04. The van der Waals surface area contributed by atoms with Gasteiger partial charge in [-0.2, -0.15) is 0 Å². The van der Waals surface area contributed by atoms with Crippen molar-refractivity contribution in [3.8, 4) is 0 Å². The highest BCUT2D eigenvalue weighted by atomic mass is 32.1. The van der Waals surface area contributed by atoms with Gasteiger partial charge in [0.1, 0.15) is 0 Å². The Hall–Kier alpha value is -0.910. The number of nitrogens with two attached hydrogens (primary N) is 1. The zero-order valence-electron chi connectivity index (χ0n) is 10.6. The van der Waals surface area contributed by atoms with Crippen LogP contribution in [0.2, 0.25) is 0 Å². The first-order valence-electron chi connectivity index (χ1n) is 5.62. The van der Waals surface area contributed by atoms with Crippen LogP contribution in [0.4, 0.5) is 0 Å². The maximum Gasteiger partial charge on any atom is 0.237 e. The molecule has 3 N–H and O–H groups in total. The quantitative estimate of drug-likeness (QED) is 0.807. The number of carbonyl (C=O) groups excluding carboxylic acids is 1. The van der Waals surface area contributed by atoms with Crippen LogP contribution in [0.3, 0.4) is 0 Å².